The van der Waals surface area contributed by atoms with Crippen molar-refractivity contribution >= 4 is 11.9 Å². The highest BCUT2D eigenvalue weighted by atomic mass is 19.1. The van der Waals surface area contributed by atoms with Gasteiger partial charge in [0.25, 0.3) is 0 Å². The third-order valence-electron chi connectivity index (χ3n) is 4.87. The van der Waals surface area contributed by atoms with Crippen LogP contribution in [0.2, 0.25) is 0 Å². The number of aliphatic imine (C=N–C) groups is 1. The van der Waals surface area contributed by atoms with Crippen LogP contribution in [0.4, 0.5) is 8.78 Å². The van der Waals surface area contributed by atoms with Crippen LogP contribution in [0, 0.1) is 11.6 Å². The molecule has 29 heavy (non-hydrogen) atoms. The van der Waals surface area contributed by atoms with Gasteiger partial charge >= 0.3 is 0 Å². The minimum Gasteiger partial charge on any atom is -0.357 e. The largest absolute Gasteiger partial charge is 0.357 e. The molecule has 0 radical (unpaired) electrons. The average molecular weight is 410 g/mol. The van der Waals surface area contributed by atoms with Crippen LogP contribution in [-0.4, -0.2) is 62.1 Å². The number of nitrogens with zero attached hydrogens (tertiary/aromatic N) is 2. The van der Waals surface area contributed by atoms with Crippen LogP contribution in [0.1, 0.15) is 38.7 Å². The van der Waals surface area contributed by atoms with Gasteiger partial charge in [0.2, 0.25) is 5.91 Å². The quantitative estimate of drug-likeness (QED) is 0.431. The predicted octanol–water partition coefficient (Wildman–Crippen LogP) is 2.05. The first kappa shape index (κ1) is 23.1. The lowest BCUT2D eigenvalue weighted by Gasteiger charge is -2.32. The van der Waals surface area contributed by atoms with E-state index in [-0.39, 0.29) is 11.9 Å². The Bertz CT molecular complexity index is 675. The average Bonchev–Trinajstić information content (AvgIpc) is 2.70. The van der Waals surface area contributed by atoms with Gasteiger partial charge in [-0.2, -0.15) is 0 Å². The molecule has 0 bridgehead atoms. The fourth-order valence-corrected chi connectivity index (χ4v) is 3.30. The number of nitrogens with one attached hydrogen (secondary N) is 3. The molecule has 2 rings (SSSR count). The van der Waals surface area contributed by atoms with Crippen molar-refractivity contribution in [3.8, 4) is 0 Å². The zero-order chi connectivity index (χ0) is 21.1. The standard InChI is InChI=1S/C21H33F2N5O/c1-3-10-25-20(29)15-28-12-8-18(9-13-28)27-21(24-4-2)26-11-7-16-14-17(22)5-6-19(16)23/h5-6,14,18H,3-4,7-13,15H2,1-2H3,(H,25,29)(H2,24,26,27). The lowest BCUT2D eigenvalue weighted by atomic mass is 10.1. The Kier molecular flexibility index (Phi) is 9.83. The van der Waals surface area contributed by atoms with E-state index < -0.39 is 11.6 Å². The molecule has 1 saturated heterocycles. The molecule has 1 aliphatic heterocycles. The number of guanidine groups is 1. The fraction of sp³-hybridized carbons (Fsp3) is 0.619. The summed E-state index contributed by atoms with van der Waals surface area (Å²) < 4.78 is 27.0. The van der Waals surface area contributed by atoms with E-state index in [1.807, 2.05) is 13.8 Å². The molecule has 6 nitrogen and oxygen atoms in total. The minimum atomic E-state index is -0.439. The molecule has 1 amide bonds. The van der Waals surface area contributed by atoms with E-state index in [1.165, 1.54) is 6.07 Å². The smallest absolute Gasteiger partial charge is 0.234 e. The van der Waals surface area contributed by atoms with Crippen molar-refractivity contribution in [3.05, 3.63) is 35.4 Å². The highest BCUT2D eigenvalue weighted by molar-refractivity contribution is 5.80. The number of benzene rings is 1. The first-order valence-electron chi connectivity index (χ1n) is 10.5. The number of amides is 1. The van der Waals surface area contributed by atoms with Gasteiger partial charge in [-0.25, -0.2) is 8.78 Å². The Labute approximate surface area is 172 Å². The van der Waals surface area contributed by atoms with Crippen molar-refractivity contribution in [3.63, 3.8) is 0 Å². The van der Waals surface area contributed by atoms with E-state index in [2.05, 4.69) is 25.8 Å². The highest BCUT2D eigenvalue weighted by Gasteiger charge is 2.21. The van der Waals surface area contributed by atoms with E-state index in [1.54, 1.807) is 0 Å². The van der Waals surface area contributed by atoms with Gasteiger partial charge < -0.3 is 16.0 Å². The van der Waals surface area contributed by atoms with E-state index in [0.29, 0.717) is 31.0 Å². The maximum atomic E-state index is 13.7. The maximum Gasteiger partial charge on any atom is 0.234 e. The van der Waals surface area contributed by atoms with Crippen molar-refractivity contribution in [2.45, 2.75) is 45.6 Å². The Morgan fingerprint density at radius 2 is 1.97 bits per heavy atom. The van der Waals surface area contributed by atoms with Crippen LogP contribution in [0.3, 0.4) is 0 Å². The number of piperidine rings is 1. The van der Waals surface area contributed by atoms with Crippen LogP contribution >= 0.6 is 0 Å². The second-order valence-electron chi connectivity index (χ2n) is 7.29. The molecule has 3 N–H and O–H groups in total. The summed E-state index contributed by atoms with van der Waals surface area (Å²) in [6, 6.07) is 3.76. The zero-order valence-electron chi connectivity index (χ0n) is 17.4. The molecule has 162 valence electrons. The molecule has 0 atom stereocenters. The number of hydrogen-bond acceptors (Lipinski definition) is 3. The van der Waals surface area contributed by atoms with Crippen molar-refractivity contribution in [1.29, 1.82) is 0 Å². The van der Waals surface area contributed by atoms with Crippen LogP contribution < -0.4 is 16.0 Å². The van der Waals surface area contributed by atoms with Gasteiger partial charge in [0.05, 0.1) is 6.54 Å². The lowest BCUT2D eigenvalue weighted by Crippen LogP contribution is -2.50. The molecule has 0 unspecified atom stereocenters. The van der Waals surface area contributed by atoms with Crippen LogP contribution in [-0.2, 0) is 11.2 Å². The maximum absolute atomic E-state index is 13.7. The first-order chi connectivity index (χ1) is 14.0. The molecule has 1 heterocycles. The van der Waals surface area contributed by atoms with E-state index in [4.69, 9.17) is 0 Å². The third kappa shape index (κ3) is 8.35. The second kappa shape index (κ2) is 12.4. The number of rotatable bonds is 9. The number of likely N-dealkylation sites (tertiary alicyclic amines) is 1. The zero-order valence-corrected chi connectivity index (χ0v) is 17.4. The van der Waals surface area contributed by atoms with Gasteiger partial charge in [0.1, 0.15) is 11.6 Å². The monoisotopic (exact) mass is 409 g/mol. The van der Waals surface area contributed by atoms with Gasteiger partial charge in [-0.3, -0.25) is 14.7 Å². The van der Waals surface area contributed by atoms with Gasteiger partial charge in [0.15, 0.2) is 5.96 Å². The van der Waals surface area contributed by atoms with Crippen molar-refractivity contribution in [2.24, 2.45) is 4.99 Å². The summed E-state index contributed by atoms with van der Waals surface area (Å²) in [5.41, 5.74) is 0.333. The third-order valence-corrected chi connectivity index (χ3v) is 4.87. The normalized spacial score (nSPS) is 15.9. The number of carbonyl (C=O) groups is 1. The Morgan fingerprint density at radius 3 is 2.66 bits per heavy atom. The topological polar surface area (TPSA) is 68.8 Å². The molecular weight excluding hydrogens is 376 g/mol. The van der Waals surface area contributed by atoms with Crippen molar-refractivity contribution < 1.29 is 13.6 Å². The second-order valence-corrected chi connectivity index (χ2v) is 7.29. The van der Waals surface area contributed by atoms with E-state index in [9.17, 15) is 13.6 Å². The van der Waals surface area contributed by atoms with Gasteiger partial charge in [-0.1, -0.05) is 6.92 Å². The Hall–Kier alpha value is -2.22. The minimum absolute atomic E-state index is 0.0812. The summed E-state index contributed by atoms with van der Waals surface area (Å²) in [5, 5.41) is 9.53. The molecule has 1 fully saturated rings. The molecule has 0 aromatic heterocycles. The van der Waals surface area contributed by atoms with E-state index >= 15 is 0 Å². The first-order valence-corrected chi connectivity index (χ1v) is 10.5. The molecular formula is C21H33F2N5O. The van der Waals surface area contributed by atoms with Gasteiger partial charge in [0, 0.05) is 38.8 Å². The van der Waals surface area contributed by atoms with Crippen LogP contribution in [0.5, 0.6) is 0 Å². The molecule has 1 aliphatic rings. The Balaban J connectivity index is 1.79. The molecule has 1 aromatic carbocycles. The van der Waals surface area contributed by atoms with Crippen LogP contribution in [0.25, 0.3) is 0 Å². The van der Waals surface area contributed by atoms with Gasteiger partial charge in [-0.15, -0.1) is 0 Å². The number of hydrogen-bond donors (Lipinski definition) is 3. The lowest BCUT2D eigenvalue weighted by molar-refractivity contribution is -0.122. The van der Waals surface area contributed by atoms with Crippen molar-refractivity contribution in [2.75, 3.05) is 39.3 Å². The summed E-state index contributed by atoms with van der Waals surface area (Å²) in [5.74, 6) is -0.0818. The highest BCUT2D eigenvalue weighted by Crippen LogP contribution is 2.11. The number of halogens is 2. The summed E-state index contributed by atoms with van der Waals surface area (Å²) in [6.45, 7) is 7.98. The van der Waals surface area contributed by atoms with Gasteiger partial charge in [-0.05, 0) is 56.4 Å². The molecule has 1 aromatic rings. The fourth-order valence-electron chi connectivity index (χ4n) is 3.30. The predicted molar refractivity (Wildman–Crippen MR) is 112 cm³/mol. The SMILES string of the molecule is CCCNC(=O)CN1CCC(NC(=NCCc2cc(F)ccc2F)NCC)CC1. The number of carbonyl (C=O) groups excluding carboxylic acids is 1. The molecule has 0 aliphatic carbocycles. The Morgan fingerprint density at radius 1 is 1.21 bits per heavy atom. The summed E-state index contributed by atoms with van der Waals surface area (Å²) in [6.07, 6.45) is 3.12. The molecule has 0 saturated carbocycles. The molecule has 8 heteroatoms. The summed E-state index contributed by atoms with van der Waals surface area (Å²) >= 11 is 0. The molecule has 0 spiro atoms. The van der Waals surface area contributed by atoms with E-state index in [0.717, 1.165) is 57.6 Å². The van der Waals surface area contributed by atoms with Crippen molar-refractivity contribution in [1.82, 2.24) is 20.9 Å². The summed E-state index contributed by atoms with van der Waals surface area (Å²) in [4.78, 5) is 18.5. The summed E-state index contributed by atoms with van der Waals surface area (Å²) in [7, 11) is 0. The van der Waals surface area contributed by atoms with Crippen LogP contribution in [0.15, 0.2) is 23.2 Å².